The summed E-state index contributed by atoms with van der Waals surface area (Å²) in [5, 5.41) is 8.67. The number of hydrogen-bond acceptors (Lipinski definition) is 3. The quantitative estimate of drug-likeness (QED) is 0.688. The Balaban J connectivity index is 2.35. The largest absolute Gasteiger partial charge is 0.491 e. The molecule has 2 rings (SSSR count). The van der Waals surface area contributed by atoms with Crippen LogP contribution in [-0.4, -0.2) is 11.6 Å². The molecule has 8 heteroatoms. The van der Waals surface area contributed by atoms with Gasteiger partial charge in [0.05, 0.1) is 33.8 Å². The first-order valence-electron chi connectivity index (χ1n) is 6.35. The van der Waals surface area contributed by atoms with Crippen molar-refractivity contribution in [3.8, 4) is 23.1 Å². The molecule has 0 unspecified atom stereocenters. The monoisotopic (exact) mass is 360 g/mol. The van der Waals surface area contributed by atoms with Gasteiger partial charge in [-0.25, -0.2) is 0 Å². The molecular weight excluding hydrogens is 352 g/mol. The molecule has 0 aliphatic carbocycles. The van der Waals surface area contributed by atoms with Crippen LogP contribution >= 0.6 is 23.2 Å². The molecule has 3 nitrogen and oxygen atoms in total. The molecule has 0 atom stereocenters. The van der Waals surface area contributed by atoms with Crippen molar-refractivity contribution in [3.63, 3.8) is 0 Å². The van der Waals surface area contributed by atoms with Crippen LogP contribution in [-0.2, 0) is 6.18 Å². The SMILES string of the molecule is N#CCCOc1cc(-c2ncc(C(F)(F)F)cc2Cl)ccc1Cl. The molecule has 0 saturated carbocycles. The highest BCUT2D eigenvalue weighted by Crippen LogP contribution is 2.36. The Hall–Kier alpha value is -1.97. The number of halogens is 5. The van der Waals surface area contributed by atoms with Crippen molar-refractivity contribution in [2.45, 2.75) is 12.6 Å². The van der Waals surface area contributed by atoms with E-state index < -0.39 is 11.7 Å². The molecule has 0 radical (unpaired) electrons. The minimum absolute atomic E-state index is 0.134. The van der Waals surface area contributed by atoms with Crippen LogP contribution in [0.15, 0.2) is 30.5 Å². The number of benzene rings is 1. The number of pyridine rings is 1. The summed E-state index contributed by atoms with van der Waals surface area (Å²) in [6, 6.07) is 7.35. The van der Waals surface area contributed by atoms with E-state index in [0.717, 1.165) is 6.07 Å². The van der Waals surface area contributed by atoms with E-state index >= 15 is 0 Å². The molecule has 0 N–H and O–H groups in total. The molecule has 1 aromatic heterocycles. The summed E-state index contributed by atoms with van der Waals surface area (Å²) in [5.41, 5.74) is -0.285. The number of nitriles is 1. The van der Waals surface area contributed by atoms with Gasteiger partial charge in [-0.15, -0.1) is 0 Å². The zero-order chi connectivity index (χ0) is 17.0. The van der Waals surface area contributed by atoms with E-state index in [-0.39, 0.29) is 23.7 Å². The number of hydrogen-bond donors (Lipinski definition) is 0. The number of nitrogens with zero attached hydrogens (tertiary/aromatic N) is 2. The molecule has 2 aromatic rings. The second-order valence-corrected chi connectivity index (χ2v) is 5.27. The summed E-state index contributed by atoms with van der Waals surface area (Å²) >= 11 is 11.9. The van der Waals surface area contributed by atoms with Crippen LogP contribution in [0, 0.1) is 11.3 Å². The third-order valence-electron chi connectivity index (χ3n) is 2.84. The maximum absolute atomic E-state index is 12.6. The molecule has 0 aliphatic rings. The van der Waals surface area contributed by atoms with Crippen LogP contribution < -0.4 is 4.74 Å². The lowest BCUT2D eigenvalue weighted by Crippen LogP contribution is -2.05. The van der Waals surface area contributed by atoms with Crippen LogP contribution in [0.5, 0.6) is 5.75 Å². The van der Waals surface area contributed by atoms with Crippen LogP contribution in [0.3, 0.4) is 0 Å². The molecule has 0 aliphatic heterocycles. The second kappa shape index (κ2) is 7.07. The van der Waals surface area contributed by atoms with Gasteiger partial charge in [0.2, 0.25) is 0 Å². The number of ether oxygens (including phenoxy) is 1. The summed E-state index contributed by atoms with van der Waals surface area (Å²) in [6.07, 6.45) is -3.62. The fourth-order valence-electron chi connectivity index (χ4n) is 1.77. The Labute approximate surface area is 140 Å². The first-order valence-corrected chi connectivity index (χ1v) is 7.11. The lowest BCUT2D eigenvalue weighted by atomic mass is 10.1. The summed E-state index contributed by atoms with van der Waals surface area (Å²) in [4.78, 5) is 3.78. The minimum Gasteiger partial charge on any atom is -0.491 e. The van der Waals surface area contributed by atoms with E-state index in [2.05, 4.69) is 4.98 Å². The van der Waals surface area contributed by atoms with Crippen LogP contribution in [0.4, 0.5) is 13.2 Å². The van der Waals surface area contributed by atoms with Gasteiger partial charge < -0.3 is 4.74 Å². The lowest BCUT2D eigenvalue weighted by molar-refractivity contribution is -0.137. The Bertz CT molecular complexity index is 757. The topological polar surface area (TPSA) is 45.9 Å². The van der Waals surface area contributed by atoms with Gasteiger partial charge >= 0.3 is 6.18 Å². The van der Waals surface area contributed by atoms with Gasteiger partial charge in [0.25, 0.3) is 0 Å². The van der Waals surface area contributed by atoms with Gasteiger partial charge in [0.15, 0.2) is 0 Å². The van der Waals surface area contributed by atoms with Gasteiger partial charge in [0.1, 0.15) is 12.4 Å². The third kappa shape index (κ3) is 4.27. The van der Waals surface area contributed by atoms with Crippen molar-refractivity contribution in [1.82, 2.24) is 4.98 Å². The summed E-state index contributed by atoms with van der Waals surface area (Å²) in [7, 11) is 0. The molecule has 23 heavy (non-hydrogen) atoms. The Kier molecular flexibility index (Phi) is 5.34. The summed E-state index contributed by atoms with van der Waals surface area (Å²) in [5.74, 6) is 0.303. The maximum atomic E-state index is 12.6. The van der Waals surface area contributed by atoms with E-state index in [1.165, 1.54) is 12.1 Å². The molecule has 120 valence electrons. The van der Waals surface area contributed by atoms with Gasteiger partial charge in [-0.1, -0.05) is 29.3 Å². The zero-order valence-corrected chi connectivity index (χ0v) is 13.0. The van der Waals surface area contributed by atoms with Crippen LogP contribution in [0.2, 0.25) is 10.0 Å². The highest BCUT2D eigenvalue weighted by molar-refractivity contribution is 6.33. The van der Waals surface area contributed by atoms with E-state index in [1.54, 1.807) is 6.07 Å². The fourth-order valence-corrected chi connectivity index (χ4v) is 2.22. The van der Waals surface area contributed by atoms with E-state index in [4.69, 9.17) is 33.2 Å². The molecule has 1 aromatic carbocycles. The standard InChI is InChI=1S/C15H9Cl2F3N2O/c16-11-3-2-9(6-13(11)23-5-1-4-21)14-12(17)7-10(8-22-14)15(18,19)20/h2-3,6-8H,1,5H2. The van der Waals surface area contributed by atoms with E-state index in [9.17, 15) is 13.2 Å². The van der Waals surface area contributed by atoms with Crippen molar-refractivity contribution >= 4 is 23.2 Å². The molecule has 0 bridgehead atoms. The first-order chi connectivity index (χ1) is 10.8. The van der Waals surface area contributed by atoms with Crippen molar-refractivity contribution in [2.75, 3.05) is 6.61 Å². The number of aromatic nitrogens is 1. The Morgan fingerprint density at radius 3 is 2.52 bits per heavy atom. The first kappa shape index (κ1) is 17.4. The minimum atomic E-state index is -4.51. The summed E-state index contributed by atoms with van der Waals surface area (Å²) < 4.78 is 43.2. The smallest absolute Gasteiger partial charge is 0.417 e. The number of rotatable bonds is 4. The predicted octanol–water partition coefficient (Wildman–Crippen LogP) is 5.37. The third-order valence-corrected chi connectivity index (χ3v) is 3.44. The van der Waals surface area contributed by atoms with Crippen molar-refractivity contribution in [3.05, 3.63) is 46.1 Å². The van der Waals surface area contributed by atoms with Crippen LogP contribution in [0.1, 0.15) is 12.0 Å². The normalized spacial score (nSPS) is 11.1. The summed E-state index contributed by atoms with van der Waals surface area (Å²) in [6.45, 7) is 0.147. The molecule has 0 fully saturated rings. The molecule has 0 amide bonds. The molecular formula is C15H9Cl2F3N2O. The lowest BCUT2D eigenvalue weighted by Gasteiger charge is -2.11. The second-order valence-electron chi connectivity index (χ2n) is 4.45. The average molecular weight is 361 g/mol. The Morgan fingerprint density at radius 2 is 1.91 bits per heavy atom. The number of alkyl halides is 3. The van der Waals surface area contributed by atoms with E-state index in [0.29, 0.717) is 22.5 Å². The van der Waals surface area contributed by atoms with Crippen molar-refractivity contribution < 1.29 is 17.9 Å². The van der Waals surface area contributed by atoms with Gasteiger partial charge in [-0.3, -0.25) is 4.98 Å². The van der Waals surface area contributed by atoms with Gasteiger partial charge in [-0.2, -0.15) is 18.4 Å². The van der Waals surface area contributed by atoms with Crippen molar-refractivity contribution in [2.24, 2.45) is 0 Å². The highest BCUT2D eigenvalue weighted by Gasteiger charge is 2.31. The Morgan fingerprint density at radius 1 is 1.17 bits per heavy atom. The molecule has 0 saturated heterocycles. The van der Waals surface area contributed by atoms with Crippen molar-refractivity contribution in [1.29, 1.82) is 5.26 Å². The predicted molar refractivity (Wildman–Crippen MR) is 80.4 cm³/mol. The zero-order valence-electron chi connectivity index (χ0n) is 11.5. The molecule has 0 spiro atoms. The van der Waals surface area contributed by atoms with Gasteiger partial charge in [-0.05, 0) is 18.2 Å². The fraction of sp³-hybridized carbons (Fsp3) is 0.200. The van der Waals surface area contributed by atoms with Crippen LogP contribution in [0.25, 0.3) is 11.3 Å². The molecule has 1 heterocycles. The average Bonchev–Trinajstić information content (AvgIpc) is 2.48. The highest BCUT2D eigenvalue weighted by atomic mass is 35.5. The maximum Gasteiger partial charge on any atom is 0.417 e. The van der Waals surface area contributed by atoms with E-state index in [1.807, 2.05) is 6.07 Å². The van der Waals surface area contributed by atoms with Gasteiger partial charge in [0, 0.05) is 11.8 Å².